The molecule has 3 N–H and O–H groups in total. The predicted octanol–water partition coefficient (Wildman–Crippen LogP) is 3.91. The number of rotatable bonds is 8. The molecular weight excluding hydrogens is 430 g/mol. The predicted molar refractivity (Wildman–Crippen MR) is 120 cm³/mol. The van der Waals surface area contributed by atoms with Crippen LogP contribution in [0.15, 0.2) is 60.0 Å². The Bertz CT molecular complexity index is 1100. The zero-order chi connectivity index (χ0) is 23.1. The van der Waals surface area contributed by atoms with Gasteiger partial charge in [0, 0.05) is 10.9 Å². The number of thiazole rings is 1. The number of primary amides is 1. The van der Waals surface area contributed by atoms with E-state index in [-0.39, 0.29) is 12.3 Å². The molecule has 3 rings (SSSR count). The lowest BCUT2D eigenvalue weighted by Crippen LogP contribution is -2.45. The van der Waals surface area contributed by atoms with Crippen molar-refractivity contribution in [2.24, 2.45) is 11.7 Å². The number of benzene rings is 2. The molecule has 0 radical (unpaired) electrons. The molecule has 1 aromatic heterocycles. The van der Waals surface area contributed by atoms with Crippen LogP contribution in [0, 0.1) is 5.92 Å². The third-order valence-electron chi connectivity index (χ3n) is 4.31. The molecule has 2 aromatic carbocycles. The van der Waals surface area contributed by atoms with E-state index in [2.05, 4.69) is 4.98 Å². The topological polar surface area (TPSA) is 121 Å². The summed E-state index contributed by atoms with van der Waals surface area (Å²) in [6.07, 6.45) is -1.23. The molecule has 0 aliphatic heterocycles. The van der Waals surface area contributed by atoms with E-state index >= 15 is 0 Å². The number of ether oxygens (including phenoxy) is 2. The number of amides is 3. The van der Waals surface area contributed by atoms with Crippen molar-refractivity contribution in [1.29, 1.82) is 0 Å². The standard InChI is InChI=1S/C23H23N3O5S/c1-14(2)20(21(28)26-23(24)29)31-19(27)12-16-13-32-22(25-16)15-7-6-10-18(11-15)30-17-8-4-3-5-9-17/h3-11,13-14,20H,12H2,1-2H3,(H3,24,26,28,29). The van der Waals surface area contributed by atoms with Crippen LogP contribution in [0.25, 0.3) is 10.6 Å². The van der Waals surface area contributed by atoms with Gasteiger partial charge < -0.3 is 15.2 Å². The Kier molecular flexibility index (Phi) is 7.56. The molecule has 1 unspecified atom stereocenters. The third-order valence-corrected chi connectivity index (χ3v) is 5.25. The van der Waals surface area contributed by atoms with Crippen molar-refractivity contribution in [3.05, 3.63) is 65.7 Å². The first-order valence-electron chi connectivity index (χ1n) is 9.89. The molecule has 1 atom stereocenters. The monoisotopic (exact) mass is 453 g/mol. The summed E-state index contributed by atoms with van der Waals surface area (Å²) in [6, 6.07) is 15.9. The van der Waals surface area contributed by atoms with Gasteiger partial charge in [-0.25, -0.2) is 9.78 Å². The smallest absolute Gasteiger partial charge is 0.318 e. The molecule has 0 fully saturated rings. The van der Waals surface area contributed by atoms with Crippen LogP contribution in [0.2, 0.25) is 0 Å². The Labute approximate surface area is 189 Å². The Hall–Kier alpha value is -3.72. The molecule has 0 saturated heterocycles. The molecule has 9 heteroatoms. The van der Waals surface area contributed by atoms with E-state index in [0.29, 0.717) is 11.4 Å². The van der Waals surface area contributed by atoms with Gasteiger partial charge in [-0.1, -0.05) is 44.2 Å². The maximum absolute atomic E-state index is 12.3. The number of aromatic nitrogens is 1. The van der Waals surface area contributed by atoms with E-state index in [1.54, 1.807) is 19.2 Å². The molecule has 32 heavy (non-hydrogen) atoms. The highest BCUT2D eigenvalue weighted by Gasteiger charge is 2.27. The Morgan fingerprint density at radius 1 is 1.06 bits per heavy atom. The van der Waals surface area contributed by atoms with Gasteiger partial charge in [-0.15, -0.1) is 11.3 Å². The molecule has 8 nitrogen and oxygen atoms in total. The van der Waals surface area contributed by atoms with Gasteiger partial charge in [0.05, 0.1) is 12.1 Å². The van der Waals surface area contributed by atoms with Crippen LogP contribution in [0.3, 0.4) is 0 Å². The SMILES string of the molecule is CC(C)C(OC(=O)Cc1csc(-c2cccc(Oc3ccccc3)c2)n1)C(=O)NC(N)=O. The van der Waals surface area contributed by atoms with Crippen molar-refractivity contribution in [3.63, 3.8) is 0 Å². The summed E-state index contributed by atoms with van der Waals surface area (Å²) in [5.74, 6) is -0.314. The lowest BCUT2D eigenvalue weighted by Gasteiger charge is -2.19. The van der Waals surface area contributed by atoms with Gasteiger partial charge in [0.15, 0.2) is 6.10 Å². The quantitative estimate of drug-likeness (QED) is 0.499. The molecule has 3 amide bonds. The number of nitrogens with zero attached hydrogens (tertiary/aromatic N) is 1. The number of para-hydroxylation sites is 1. The number of hydrogen-bond acceptors (Lipinski definition) is 7. The van der Waals surface area contributed by atoms with Crippen molar-refractivity contribution >= 4 is 29.2 Å². The maximum atomic E-state index is 12.3. The van der Waals surface area contributed by atoms with Crippen LogP contribution in [-0.4, -0.2) is 29.0 Å². The average Bonchev–Trinajstić information content (AvgIpc) is 3.20. The number of esters is 1. The Balaban J connectivity index is 1.65. The molecule has 0 aliphatic rings. The van der Waals surface area contributed by atoms with E-state index < -0.39 is 24.0 Å². The maximum Gasteiger partial charge on any atom is 0.318 e. The molecule has 0 spiro atoms. The average molecular weight is 454 g/mol. The van der Waals surface area contributed by atoms with Gasteiger partial charge in [0.2, 0.25) is 0 Å². The van der Waals surface area contributed by atoms with Gasteiger partial charge in [-0.3, -0.25) is 14.9 Å². The normalized spacial score (nSPS) is 11.6. The van der Waals surface area contributed by atoms with Gasteiger partial charge in [-0.05, 0) is 30.2 Å². The molecule has 0 saturated carbocycles. The summed E-state index contributed by atoms with van der Waals surface area (Å²) >= 11 is 1.38. The number of urea groups is 1. The second-order valence-electron chi connectivity index (χ2n) is 7.27. The number of imide groups is 1. The van der Waals surface area contributed by atoms with Gasteiger partial charge in [0.25, 0.3) is 5.91 Å². The fraction of sp³-hybridized carbons (Fsp3) is 0.217. The van der Waals surface area contributed by atoms with Crippen molar-refractivity contribution < 1.29 is 23.9 Å². The number of nitrogens with two attached hydrogens (primary N) is 1. The lowest BCUT2D eigenvalue weighted by molar-refractivity contribution is -0.157. The minimum Gasteiger partial charge on any atom is -0.457 e. The fourth-order valence-corrected chi connectivity index (χ4v) is 3.67. The number of carbonyl (C=O) groups excluding carboxylic acids is 3. The summed E-state index contributed by atoms with van der Waals surface area (Å²) in [6.45, 7) is 3.40. The minimum atomic E-state index is -1.13. The third kappa shape index (κ3) is 6.39. The summed E-state index contributed by atoms with van der Waals surface area (Å²) in [5, 5.41) is 4.42. The van der Waals surface area contributed by atoms with Crippen LogP contribution in [0.5, 0.6) is 11.5 Å². The highest BCUT2D eigenvalue weighted by atomic mass is 32.1. The first-order chi connectivity index (χ1) is 15.3. The highest BCUT2D eigenvalue weighted by Crippen LogP contribution is 2.29. The van der Waals surface area contributed by atoms with Crippen LogP contribution in [0.4, 0.5) is 4.79 Å². The summed E-state index contributed by atoms with van der Waals surface area (Å²) in [5.41, 5.74) is 6.34. The first-order valence-corrected chi connectivity index (χ1v) is 10.8. The molecule has 3 aromatic rings. The zero-order valence-corrected chi connectivity index (χ0v) is 18.4. The van der Waals surface area contributed by atoms with E-state index in [9.17, 15) is 14.4 Å². The second-order valence-corrected chi connectivity index (χ2v) is 8.13. The summed E-state index contributed by atoms with van der Waals surface area (Å²) < 4.78 is 11.1. The van der Waals surface area contributed by atoms with Gasteiger partial charge >= 0.3 is 12.0 Å². The molecule has 0 aliphatic carbocycles. The fourth-order valence-electron chi connectivity index (χ4n) is 2.85. The van der Waals surface area contributed by atoms with Crippen molar-refractivity contribution in [2.75, 3.05) is 0 Å². The van der Waals surface area contributed by atoms with Crippen molar-refractivity contribution in [1.82, 2.24) is 10.3 Å². The number of carbonyl (C=O) groups is 3. The largest absolute Gasteiger partial charge is 0.457 e. The highest BCUT2D eigenvalue weighted by molar-refractivity contribution is 7.13. The molecule has 166 valence electrons. The molecule has 1 heterocycles. The van der Waals surface area contributed by atoms with E-state index in [1.165, 1.54) is 11.3 Å². The van der Waals surface area contributed by atoms with Gasteiger partial charge in [-0.2, -0.15) is 0 Å². The van der Waals surface area contributed by atoms with Gasteiger partial charge in [0.1, 0.15) is 16.5 Å². The minimum absolute atomic E-state index is 0.107. The van der Waals surface area contributed by atoms with Crippen LogP contribution < -0.4 is 15.8 Å². The summed E-state index contributed by atoms with van der Waals surface area (Å²) in [7, 11) is 0. The van der Waals surface area contributed by atoms with Crippen LogP contribution >= 0.6 is 11.3 Å². The van der Waals surface area contributed by atoms with E-state index in [0.717, 1.165) is 16.3 Å². The lowest BCUT2D eigenvalue weighted by atomic mass is 10.1. The van der Waals surface area contributed by atoms with Crippen LogP contribution in [0.1, 0.15) is 19.5 Å². The summed E-state index contributed by atoms with van der Waals surface area (Å²) in [4.78, 5) is 39.8. The molecular formula is C23H23N3O5S. The van der Waals surface area contributed by atoms with Crippen molar-refractivity contribution in [3.8, 4) is 22.1 Å². The van der Waals surface area contributed by atoms with Crippen LogP contribution in [-0.2, 0) is 20.7 Å². The Morgan fingerprint density at radius 3 is 2.47 bits per heavy atom. The first kappa shape index (κ1) is 23.0. The Morgan fingerprint density at radius 2 is 1.78 bits per heavy atom. The zero-order valence-electron chi connectivity index (χ0n) is 17.6. The molecule has 0 bridgehead atoms. The van der Waals surface area contributed by atoms with E-state index in [1.807, 2.05) is 59.9 Å². The number of nitrogens with one attached hydrogen (secondary N) is 1. The second kappa shape index (κ2) is 10.5. The van der Waals surface area contributed by atoms with E-state index in [4.69, 9.17) is 15.2 Å². The van der Waals surface area contributed by atoms with Crippen molar-refractivity contribution in [2.45, 2.75) is 26.4 Å². The number of hydrogen-bond donors (Lipinski definition) is 2.